The van der Waals surface area contributed by atoms with Crippen LogP contribution in [0.15, 0.2) is 12.2 Å². The second-order valence-electron chi connectivity index (χ2n) is 10.7. The summed E-state index contributed by atoms with van der Waals surface area (Å²) in [4.78, 5) is 12.3. The molecule has 0 radical (unpaired) electrons. The number of amides is 1. The third-order valence-electron chi connectivity index (χ3n) is 6.97. The highest BCUT2D eigenvalue weighted by molar-refractivity contribution is 7.85. The van der Waals surface area contributed by atoms with E-state index in [2.05, 4.69) is 31.3 Å². The minimum Gasteiger partial charge on any atom is -0.391 e. The first-order valence-corrected chi connectivity index (χ1v) is 17.0. The number of allylic oxidation sites excluding steroid dienone is 2. The normalized spacial score (nSPS) is 13.7. The fourth-order valence-corrected chi connectivity index (χ4v) is 5.38. The van der Waals surface area contributed by atoms with Gasteiger partial charge >= 0.3 is 0 Å². The van der Waals surface area contributed by atoms with Gasteiger partial charge in [0.15, 0.2) is 0 Å². The Morgan fingerprint density at radius 1 is 0.703 bits per heavy atom. The molecule has 0 aliphatic heterocycles. The average molecular weight is 546 g/mol. The highest BCUT2D eigenvalue weighted by Gasteiger charge is 2.25. The number of hydrogen-bond donors (Lipinski definition) is 3. The first-order valence-electron chi connectivity index (χ1n) is 15.4. The maximum absolute atomic E-state index is 12.3. The Balaban J connectivity index is 3.84. The summed E-state index contributed by atoms with van der Waals surface area (Å²) in [5, 5.41) is 13.0. The lowest BCUT2D eigenvalue weighted by Gasteiger charge is -2.23. The van der Waals surface area contributed by atoms with E-state index in [9.17, 15) is 22.9 Å². The van der Waals surface area contributed by atoms with Gasteiger partial charge in [-0.15, -0.1) is 0 Å². The molecule has 220 valence electrons. The van der Waals surface area contributed by atoms with Crippen LogP contribution < -0.4 is 5.32 Å². The molecule has 0 bridgehead atoms. The van der Waals surface area contributed by atoms with Gasteiger partial charge in [0.25, 0.3) is 10.1 Å². The Kier molecular flexibility index (Phi) is 24.7. The van der Waals surface area contributed by atoms with Crippen molar-refractivity contribution in [1.29, 1.82) is 0 Å². The van der Waals surface area contributed by atoms with Crippen LogP contribution in [0.5, 0.6) is 0 Å². The molecule has 6 nitrogen and oxygen atoms in total. The van der Waals surface area contributed by atoms with E-state index in [-0.39, 0.29) is 5.91 Å². The van der Waals surface area contributed by atoms with Gasteiger partial charge in [0.05, 0.1) is 17.9 Å². The molecule has 2 unspecified atom stereocenters. The number of rotatable bonds is 27. The van der Waals surface area contributed by atoms with E-state index >= 15 is 0 Å². The summed E-state index contributed by atoms with van der Waals surface area (Å²) >= 11 is 0. The average Bonchev–Trinajstić information content (AvgIpc) is 2.84. The van der Waals surface area contributed by atoms with Crippen molar-refractivity contribution in [1.82, 2.24) is 5.32 Å². The largest absolute Gasteiger partial charge is 0.391 e. The summed E-state index contributed by atoms with van der Waals surface area (Å²) < 4.78 is 31.9. The fraction of sp³-hybridized carbons (Fsp3) is 0.900. The van der Waals surface area contributed by atoms with Gasteiger partial charge in [0, 0.05) is 6.42 Å². The third kappa shape index (κ3) is 26.5. The first-order chi connectivity index (χ1) is 17.8. The molecular formula is C30H59NO5S. The van der Waals surface area contributed by atoms with Gasteiger partial charge < -0.3 is 10.4 Å². The topological polar surface area (TPSA) is 104 Å². The maximum Gasteiger partial charge on any atom is 0.266 e. The molecule has 0 aliphatic carbocycles. The van der Waals surface area contributed by atoms with Crippen LogP contribution in [0.4, 0.5) is 0 Å². The van der Waals surface area contributed by atoms with E-state index in [1.807, 2.05) is 0 Å². The summed E-state index contributed by atoms with van der Waals surface area (Å²) in [5.74, 6) is -0.908. The van der Waals surface area contributed by atoms with E-state index in [1.54, 1.807) is 0 Å². The zero-order chi connectivity index (χ0) is 27.6. The Morgan fingerprint density at radius 3 is 1.62 bits per heavy atom. The standard InChI is InChI=1S/C30H59NO5S/c1-3-5-7-9-10-11-12-13-14-15-16-17-18-19-20-22-24-26-30(33)31-28(27-37(34,35)36)29(32)25-23-21-8-6-4-2/h13-14,28-29,32H,3-12,15-27H2,1-2H3,(H,31,33)(H,34,35,36)/b14-13-. The quantitative estimate of drug-likeness (QED) is 0.0553. The summed E-state index contributed by atoms with van der Waals surface area (Å²) in [6.07, 6.45) is 27.7. The number of carbonyl (C=O) groups is 1. The molecule has 0 saturated carbocycles. The number of aliphatic hydroxyl groups is 1. The van der Waals surface area contributed by atoms with Gasteiger partial charge in [-0.1, -0.05) is 122 Å². The van der Waals surface area contributed by atoms with Crippen LogP contribution in [0.2, 0.25) is 0 Å². The molecule has 0 fully saturated rings. The van der Waals surface area contributed by atoms with E-state index < -0.39 is 28.0 Å². The molecule has 0 aromatic carbocycles. The molecule has 0 aliphatic rings. The second kappa shape index (κ2) is 25.4. The van der Waals surface area contributed by atoms with Crippen LogP contribution in [0, 0.1) is 0 Å². The van der Waals surface area contributed by atoms with Crippen molar-refractivity contribution in [2.45, 2.75) is 167 Å². The Hall–Kier alpha value is -0.920. The van der Waals surface area contributed by atoms with Crippen molar-refractivity contribution < 1.29 is 22.9 Å². The van der Waals surface area contributed by atoms with Gasteiger partial charge in [0.2, 0.25) is 5.91 Å². The Labute approximate surface area is 229 Å². The van der Waals surface area contributed by atoms with Crippen molar-refractivity contribution in [3.8, 4) is 0 Å². The molecular weight excluding hydrogens is 486 g/mol. The van der Waals surface area contributed by atoms with Gasteiger partial charge in [-0.25, -0.2) is 0 Å². The zero-order valence-electron chi connectivity index (χ0n) is 24.1. The van der Waals surface area contributed by atoms with Crippen LogP contribution in [0.3, 0.4) is 0 Å². The smallest absolute Gasteiger partial charge is 0.266 e. The Morgan fingerprint density at radius 2 is 1.14 bits per heavy atom. The fourth-order valence-electron chi connectivity index (χ4n) is 4.62. The Bertz CT molecular complexity index is 650. The highest BCUT2D eigenvalue weighted by atomic mass is 32.2. The lowest BCUT2D eigenvalue weighted by Crippen LogP contribution is -2.47. The van der Waals surface area contributed by atoms with E-state index in [1.165, 1.54) is 77.0 Å². The van der Waals surface area contributed by atoms with Crippen LogP contribution in [-0.2, 0) is 14.9 Å². The van der Waals surface area contributed by atoms with Crippen LogP contribution >= 0.6 is 0 Å². The van der Waals surface area contributed by atoms with Gasteiger partial charge in [-0.3, -0.25) is 9.35 Å². The van der Waals surface area contributed by atoms with Gasteiger partial charge in [0.1, 0.15) is 0 Å². The summed E-state index contributed by atoms with van der Waals surface area (Å²) in [6.45, 7) is 4.38. The molecule has 1 amide bonds. The number of carbonyl (C=O) groups excluding carboxylic acids is 1. The monoisotopic (exact) mass is 545 g/mol. The molecule has 0 spiro atoms. The van der Waals surface area contributed by atoms with Crippen molar-refractivity contribution >= 4 is 16.0 Å². The number of aliphatic hydroxyl groups excluding tert-OH is 1. The molecule has 0 rings (SSSR count). The third-order valence-corrected chi connectivity index (χ3v) is 7.75. The number of hydrogen-bond acceptors (Lipinski definition) is 4. The van der Waals surface area contributed by atoms with Crippen molar-refractivity contribution in [3.05, 3.63) is 12.2 Å². The summed E-state index contributed by atoms with van der Waals surface area (Å²) in [5.41, 5.74) is 0. The number of unbranched alkanes of at least 4 members (excludes halogenated alkanes) is 17. The zero-order valence-corrected chi connectivity index (χ0v) is 24.9. The van der Waals surface area contributed by atoms with Crippen LogP contribution in [-0.4, -0.2) is 41.9 Å². The SMILES string of the molecule is CCCCCCCC/C=C\CCCCCCCCCC(=O)NC(CS(=O)(=O)O)C(O)CCCCCCC. The second-order valence-corrected chi connectivity index (χ2v) is 12.2. The molecule has 0 heterocycles. The van der Waals surface area contributed by atoms with E-state index in [0.29, 0.717) is 12.8 Å². The molecule has 7 heteroatoms. The minimum atomic E-state index is -4.28. The molecule has 0 aromatic heterocycles. The van der Waals surface area contributed by atoms with Crippen molar-refractivity contribution in [2.75, 3.05) is 5.75 Å². The predicted octanol–water partition coefficient (Wildman–Crippen LogP) is 7.90. The first kappa shape index (κ1) is 36.1. The molecule has 3 N–H and O–H groups in total. The highest BCUT2D eigenvalue weighted by Crippen LogP contribution is 2.13. The minimum absolute atomic E-state index is 0.258. The van der Waals surface area contributed by atoms with Crippen molar-refractivity contribution in [2.24, 2.45) is 0 Å². The van der Waals surface area contributed by atoms with Crippen molar-refractivity contribution in [3.63, 3.8) is 0 Å². The lowest BCUT2D eigenvalue weighted by atomic mass is 10.0. The van der Waals surface area contributed by atoms with E-state index in [0.717, 1.165) is 51.4 Å². The lowest BCUT2D eigenvalue weighted by molar-refractivity contribution is -0.122. The van der Waals surface area contributed by atoms with Crippen LogP contribution in [0.25, 0.3) is 0 Å². The van der Waals surface area contributed by atoms with Gasteiger partial charge in [-0.2, -0.15) is 8.42 Å². The molecule has 0 saturated heterocycles. The molecule has 0 aromatic rings. The van der Waals surface area contributed by atoms with Crippen LogP contribution in [0.1, 0.15) is 155 Å². The van der Waals surface area contributed by atoms with E-state index in [4.69, 9.17) is 0 Å². The summed E-state index contributed by atoms with van der Waals surface area (Å²) in [6, 6.07) is -0.964. The number of nitrogens with one attached hydrogen (secondary N) is 1. The summed E-state index contributed by atoms with van der Waals surface area (Å²) in [7, 11) is -4.28. The predicted molar refractivity (Wildman–Crippen MR) is 156 cm³/mol. The van der Waals surface area contributed by atoms with Gasteiger partial charge in [-0.05, 0) is 38.5 Å². The molecule has 37 heavy (non-hydrogen) atoms. The molecule has 2 atom stereocenters. The maximum atomic E-state index is 12.3.